The van der Waals surface area contributed by atoms with Crippen LogP contribution in [-0.2, 0) is 17.5 Å². The number of nitrogens with one attached hydrogen (secondary N) is 1. The molecule has 1 aliphatic rings. The normalized spacial score (nSPS) is 14.5. The van der Waals surface area contributed by atoms with E-state index >= 15 is 0 Å². The first kappa shape index (κ1) is 30.9. The minimum atomic E-state index is -4.55. The van der Waals surface area contributed by atoms with Gasteiger partial charge in [0.2, 0.25) is 0 Å². The van der Waals surface area contributed by atoms with Crippen LogP contribution in [0.25, 0.3) is 28.2 Å². The number of fused-ring (bicyclic) bond motifs is 1. The van der Waals surface area contributed by atoms with Gasteiger partial charge in [0.1, 0.15) is 23.6 Å². The molecule has 0 bridgehead atoms. The number of carbonyl (C=O) groups excluding carboxylic acids is 2. The number of amides is 1. The Morgan fingerprint density at radius 3 is 2.59 bits per heavy atom. The van der Waals surface area contributed by atoms with Crippen molar-refractivity contribution in [3.8, 4) is 11.3 Å². The van der Waals surface area contributed by atoms with E-state index in [1.165, 1.54) is 6.42 Å². The van der Waals surface area contributed by atoms with Crippen molar-refractivity contribution >= 4 is 40.8 Å². The third-order valence-electron chi connectivity index (χ3n) is 7.76. The lowest BCUT2D eigenvalue weighted by molar-refractivity contribution is -0.137. The van der Waals surface area contributed by atoms with E-state index in [4.69, 9.17) is 10.8 Å². The quantitative estimate of drug-likeness (QED) is 0.188. The fourth-order valence-corrected chi connectivity index (χ4v) is 5.09. The van der Waals surface area contributed by atoms with Gasteiger partial charge in [0.25, 0.3) is 5.91 Å². The molecule has 0 aliphatic carbocycles. The number of benzene rings is 1. The van der Waals surface area contributed by atoms with Crippen LogP contribution in [0.15, 0.2) is 54.9 Å². The average molecular weight is 606 g/mol. The fourth-order valence-electron chi connectivity index (χ4n) is 5.09. The van der Waals surface area contributed by atoms with Crippen molar-refractivity contribution in [2.75, 3.05) is 30.7 Å². The molecular formula is C32H34F3N7O2. The molecule has 0 radical (unpaired) electrons. The van der Waals surface area contributed by atoms with Crippen molar-refractivity contribution in [3.05, 3.63) is 71.6 Å². The van der Waals surface area contributed by atoms with Gasteiger partial charge in [-0.1, -0.05) is 31.2 Å². The molecule has 4 heterocycles. The molecule has 1 saturated heterocycles. The van der Waals surface area contributed by atoms with Crippen molar-refractivity contribution < 1.29 is 22.8 Å². The van der Waals surface area contributed by atoms with Gasteiger partial charge in [-0.2, -0.15) is 18.3 Å². The Labute approximate surface area is 253 Å². The Morgan fingerprint density at radius 2 is 1.91 bits per heavy atom. The summed E-state index contributed by atoms with van der Waals surface area (Å²) in [5.41, 5.74) is 8.74. The molecule has 5 rings (SSSR count). The summed E-state index contributed by atoms with van der Waals surface area (Å²) in [4.78, 5) is 34.5. The molecule has 9 nitrogen and oxygen atoms in total. The van der Waals surface area contributed by atoms with E-state index in [0.717, 1.165) is 68.2 Å². The number of hydrogen-bond donors (Lipinski definition) is 2. The Morgan fingerprint density at radius 1 is 1.14 bits per heavy atom. The van der Waals surface area contributed by atoms with E-state index < -0.39 is 17.6 Å². The zero-order valence-corrected chi connectivity index (χ0v) is 24.3. The van der Waals surface area contributed by atoms with Gasteiger partial charge < -0.3 is 20.7 Å². The van der Waals surface area contributed by atoms with Gasteiger partial charge >= 0.3 is 6.18 Å². The number of nitrogen functional groups attached to an aromatic ring is 1. The summed E-state index contributed by atoms with van der Waals surface area (Å²) in [6, 6.07) is 8.19. The number of aromatic nitrogens is 4. The maximum Gasteiger partial charge on any atom is 0.416 e. The summed E-state index contributed by atoms with van der Waals surface area (Å²) in [5.74, 6) is -0.312. The third-order valence-corrected chi connectivity index (χ3v) is 7.76. The number of aryl methyl sites for hydroxylation is 1. The van der Waals surface area contributed by atoms with Crippen LogP contribution in [0.4, 0.5) is 24.8 Å². The fraction of sp³-hybridized carbons (Fsp3) is 0.344. The highest BCUT2D eigenvalue weighted by Crippen LogP contribution is 2.35. The highest BCUT2D eigenvalue weighted by molar-refractivity contribution is 6.06. The molecule has 12 heteroatoms. The van der Waals surface area contributed by atoms with E-state index in [9.17, 15) is 22.8 Å². The number of carbonyl (C=O) groups is 2. The minimum absolute atomic E-state index is 0.175. The van der Waals surface area contributed by atoms with Crippen LogP contribution in [0.3, 0.4) is 0 Å². The SMILES string of the molecule is C[C@@H](CC=O)CCn1nc(-c2ccc(C(=O)Nc3cc(C(F)(F)F)ccn3)cc2)c2c(N)ncc(/C=C/CCN3CCC3)c21. The topological polar surface area (TPSA) is 119 Å². The molecule has 0 spiro atoms. The lowest BCUT2D eigenvalue weighted by Gasteiger charge is -2.30. The number of likely N-dealkylation sites (tertiary alicyclic amines) is 1. The first-order chi connectivity index (χ1) is 21.1. The summed E-state index contributed by atoms with van der Waals surface area (Å²) in [6.07, 6.45) is 6.62. The van der Waals surface area contributed by atoms with Gasteiger partial charge in [0, 0.05) is 48.6 Å². The summed E-state index contributed by atoms with van der Waals surface area (Å²) < 4.78 is 41.1. The highest BCUT2D eigenvalue weighted by Gasteiger charge is 2.31. The van der Waals surface area contributed by atoms with Crippen molar-refractivity contribution in [2.24, 2.45) is 5.92 Å². The van der Waals surface area contributed by atoms with Crippen molar-refractivity contribution in [1.29, 1.82) is 0 Å². The van der Waals surface area contributed by atoms with Gasteiger partial charge in [-0.15, -0.1) is 0 Å². The van der Waals surface area contributed by atoms with Gasteiger partial charge in [0.05, 0.1) is 16.5 Å². The maximum atomic E-state index is 13.1. The monoisotopic (exact) mass is 605 g/mol. The van der Waals surface area contributed by atoms with Crippen LogP contribution in [0.2, 0.25) is 0 Å². The predicted octanol–water partition coefficient (Wildman–Crippen LogP) is 6.07. The number of rotatable bonds is 12. The standard InChI is InChI=1S/C32H34F3N7O2/c1-21(12-18-43)11-17-42-29-24(5-2-3-14-41-15-4-16-41)20-38-30(36)27(29)28(40-42)22-6-8-23(9-7-22)31(44)39-26-19-25(10-13-37-26)32(33,34)35/h2,5-10,13,18-21H,3-4,11-12,14-17H2,1H3,(H2,36,38)(H,37,39,44)/b5-2+/t21-/m1/s1. The smallest absolute Gasteiger partial charge is 0.383 e. The van der Waals surface area contributed by atoms with E-state index in [0.29, 0.717) is 35.4 Å². The minimum Gasteiger partial charge on any atom is -0.383 e. The molecule has 44 heavy (non-hydrogen) atoms. The number of halogens is 3. The van der Waals surface area contributed by atoms with Gasteiger partial charge in [-0.25, -0.2) is 9.97 Å². The maximum absolute atomic E-state index is 13.1. The van der Waals surface area contributed by atoms with Gasteiger partial charge in [0.15, 0.2) is 0 Å². The Balaban J connectivity index is 1.43. The zero-order chi connectivity index (χ0) is 31.3. The lowest BCUT2D eigenvalue weighted by atomic mass is 10.0. The molecule has 3 N–H and O–H groups in total. The summed E-state index contributed by atoms with van der Waals surface area (Å²) in [6.45, 7) is 5.86. The van der Waals surface area contributed by atoms with Crippen molar-refractivity contribution in [1.82, 2.24) is 24.6 Å². The predicted molar refractivity (Wildman–Crippen MR) is 164 cm³/mol. The highest BCUT2D eigenvalue weighted by atomic mass is 19.4. The van der Waals surface area contributed by atoms with E-state index in [1.807, 2.05) is 17.7 Å². The second-order valence-electron chi connectivity index (χ2n) is 11.0. The summed E-state index contributed by atoms with van der Waals surface area (Å²) in [5, 5.41) is 8.02. The van der Waals surface area contributed by atoms with Crippen LogP contribution < -0.4 is 11.1 Å². The van der Waals surface area contributed by atoms with Crippen molar-refractivity contribution in [2.45, 2.75) is 45.3 Å². The number of alkyl halides is 3. The number of hydrogen-bond acceptors (Lipinski definition) is 7. The van der Waals surface area contributed by atoms with Gasteiger partial charge in [-0.05, 0) is 62.5 Å². The number of pyridine rings is 2. The van der Waals surface area contributed by atoms with E-state index in [1.54, 1.807) is 30.5 Å². The molecule has 1 aromatic carbocycles. The Hall–Kier alpha value is -4.58. The first-order valence-corrected chi connectivity index (χ1v) is 14.6. The Kier molecular flexibility index (Phi) is 9.38. The summed E-state index contributed by atoms with van der Waals surface area (Å²) >= 11 is 0. The summed E-state index contributed by atoms with van der Waals surface area (Å²) in [7, 11) is 0. The molecular weight excluding hydrogens is 571 g/mol. The molecule has 1 atom stereocenters. The van der Waals surface area contributed by atoms with E-state index in [-0.39, 0.29) is 17.3 Å². The van der Waals surface area contributed by atoms with Crippen LogP contribution >= 0.6 is 0 Å². The molecule has 3 aromatic heterocycles. The van der Waals surface area contributed by atoms with Crippen LogP contribution in [0, 0.1) is 5.92 Å². The van der Waals surface area contributed by atoms with E-state index in [2.05, 4.69) is 26.3 Å². The Bertz CT molecular complexity index is 1660. The largest absolute Gasteiger partial charge is 0.416 e. The zero-order valence-electron chi connectivity index (χ0n) is 24.3. The average Bonchev–Trinajstić information content (AvgIpc) is 3.37. The lowest BCUT2D eigenvalue weighted by Crippen LogP contribution is -2.37. The van der Waals surface area contributed by atoms with Crippen LogP contribution in [0.5, 0.6) is 0 Å². The van der Waals surface area contributed by atoms with Crippen molar-refractivity contribution in [3.63, 3.8) is 0 Å². The van der Waals surface area contributed by atoms with Crippen LogP contribution in [0.1, 0.15) is 54.1 Å². The molecule has 1 aliphatic heterocycles. The number of nitrogens with zero attached hydrogens (tertiary/aromatic N) is 5. The number of anilines is 2. The number of aldehydes is 1. The first-order valence-electron chi connectivity index (χ1n) is 14.6. The second kappa shape index (κ2) is 13.4. The molecule has 0 saturated carbocycles. The van der Waals surface area contributed by atoms with Crippen LogP contribution in [-0.4, -0.2) is 56.5 Å². The number of nitrogens with two attached hydrogens (primary N) is 1. The second-order valence-corrected chi connectivity index (χ2v) is 11.0. The third kappa shape index (κ3) is 7.13. The molecule has 0 unspecified atom stereocenters. The molecule has 230 valence electrons. The molecule has 1 fully saturated rings. The molecule has 1 amide bonds. The molecule has 4 aromatic rings. The van der Waals surface area contributed by atoms with Gasteiger partial charge in [-0.3, -0.25) is 9.48 Å².